The van der Waals surface area contributed by atoms with Crippen molar-refractivity contribution in [3.63, 3.8) is 0 Å². The van der Waals surface area contributed by atoms with Crippen molar-refractivity contribution in [1.29, 1.82) is 0 Å². The number of benzene rings is 2. The Morgan fingerprint density at radius 3 is 2.46 bits per heavy atom. The fourth-order valence-corrected chi connectivity index (χ4v) is 2.11. The lowest BCUT2D eigenvalue weighted by Crippen LogP contribution is -2.23. The molecule has 126 valence electrons. The summed E-state index contributed by atoms with van der Waals surface area (Å²) in [7, 11) is 0. The molecule has 1 amide bonds. The molecule has 0 aliphatic carbocycles. The van der Waals surface area contributed by atoms with Crippen molar-refractivity contribution >= 4 is 17.6 Å². The van der Waals surface area contributed by atoms with E-state index < -0.39 is 5.97 Å². The van der Waals surface area contributed by atoms with Gasteiger partial charge in [0.15, 0.2) is 13.2 Å². The Morgan fingerprint density at radius 2 is 1.71 bits per heavy atom. The first-order valence-electron chi connectivity index (χ1n) is 7.66. The van der Waals surface area contributed by atoms with E-state index in [1.807, 2.05) is 57.2 Å². The number of carbonyl (C=O) groups excluding carboxylic acids is 2. The second-order valence-electron chi connectivity index (χ2n) is 5.64. The molecule has 0 aromatic heterocycles. The van der Waals surface area contributed by atoms with Gasteiger partial charge in [0.05, 0.1) is 0 Å². The largest absolute Gasteiger partial charge is 0.482 e. The van der Waals surface area contributed by atoms with Gasteiger partial charge in [-0.25, -0.2) is 4.79 Å². The maximum atomic E-state index is 11.8. The maximum Gasteiger partial charge on any atom is 0.344 e. The number of esters is 1. The minimum absolute atomic E-state index is 0.234. The zero-order chi connectivity index (χ0) is 17.5. The van der Waals surface area contributed by atoms with Gasteiger partial charge in [-0.15, -0.1) is 0 Å². The van der Waals surface area contributed by atoms with Crippen LogP contribution in [0.1, 0.15) is 16.7 Å². The lowest BCUT2D eigenvalue weighted by molar-refractivity contribution is -0.149. The number of carbonyl (C=O) groups is 2. The summed E-state index contributed by atoms with van der Waals surface area (Å²) in [6.45, 7) is 5.20. The highest BCUT2D eigenvalue weighted by molar-refractivity contribution is 5.92. The van der Waals surface area contributed by atoms with Gasteiger partial charge >= 0.3 is 5.97 Å². The van der Waals surface area contributed by atoms with E-state index in [2.05, 4.69) is 5.32 Å². The quantitative estimate of drug-likeness (QED) is 0.828. The molecule has 0 aliphatic heterocycles. The van der Waals surface area contributed by atoms with Crippen molar-refractivity contribution < 1.29 is 19.1 Å². The van der Waals surface area contributed by atoms with E-state index in [1.54, 1.807) is 6.07 Å². The fourth-order valence-electron chi connectivity index (χ4n) is 2.11. The van der Waals surface area contributed by atoms with Crippen LogP contribution in [0.2, 0.25) is 0 Å². The van der Waals surface area contributed by atoms with Crippen LogP contribution in [0, 0.1) is 20.8 Å². The molecule has 0 saturated carbocycles. The molecule has 2 rings (SSSR count). The van der Waals surface area contributed by atoms with Crippen molar-refractivity contribution in [3.8, 4) is 5.75 Å². The van der Waals surface area contributed by atoms with Gasteiger partial charge in [0.1, 0.15) is 5.75 Å². The highest BCUT2D eigenvalue weighted by Crippen LogP contribution is 2.18. The molecule has 0 atom stereocenters. The minimum Gasteiger partial charge on any atom is -0.482 e. The lowest BCUT2D eigenvalue weighted by Gasteiger charge is -2.10. The van der Waals surface area contributed by atoms with Crippen LogP contribution in [0.15, 0.2) is 42.5 Å². The topological polar surface area (TPSA) is 64.6 Å². The van der Waals surface area contributed by atoms with Crippen molar-refractivity contribution in [3.05, 3.63) is 59.2 Å². The second kappa shape index (κ2) is 8.15. The zero-order valence-corrected chi connectivity index (χ0v) is 14.1. The SMILES string of the molecule is Cc1cccc(NC(=O)COC(=O)COc2cc(C)ccc2C)c1. The summed E-state index contributed by atoms with van der Waals surface area (Å²) >= 11 is 0. The third-order valence-electron chi connectivity index (χ3n) is 3.36. The minimum atomic E-state index is -0.588. The predicted molar refractivity (Wildman–Crippen MR) is 92.2 cm³/mol. The summed E-state index contributed by atoms with van der Waals surface area (Å²) in [6, 6.07) is 13.1. The first-order valence-corrected chi connectivity index (χ1v) is 7.66. The van der Waals surface area contributed by atoms with Crippen LogP contribution < -0.4 is 10.1 Å². The van der Waals surface area contributed by atoms with Crippen LogP contribution in [0.5, 0.6) is 5.75 Å². The van der Waals surface area contributed by atoms with Crippen LogP contribution in [-0.4, -0.2) is 25.1 Å². The lowest BCUT2D eigenvalue weighted by atomic mass is 10.1. The van der Waals surface area contributed by atoms with Crippen molar-refractivity contribution in [2.45, 2.75) is 20.8 Å². The Labute approximate surface area is 141 Å². The fraction of sp³-hybridized carbons (Fsp3) is 0.263. The number of aryl methyl sites for hydroxylation is 3. The first-order chi connectivity index (χ1) is 11.4. The molecule has 0 heterocycles. The van der Waals surface area contributed by atoms with Gasteiger partial charge < -0.3 is 14.8 Å². The Morgan fingerprint density at radius 1 is 0.958 bits per heavy atom. The van der Waals surface area contributed by atoms with Gasteiger partial charge in [-0.1, -0.05) is 24.3 Å². The summed E-state index contributed by atoms with van der Waals surface area (Å²) in [5.74, 6) is -0.341. The number of ether oxygens (including phenoxy) is 2. The molecule has 0 radical (unpaired) electrons. The molecule has 0 fully saturated rings. The van der Waals surface area contributed by atoms with E-state index in [0.29, 0.717) is 11.4 Å². The summed E-state index contributed by atoms with van der Waals surface area (Å²) < 4.78 is 10.4. The van der Waals surface area contributed by atoms with E-state index in [4.69, 9.17) is 9.47 Å². The third-order valence-corrected chi connectivity index (χ3v) is 3.36. The standard InChI is InChI=1S/C19H21NO4/c1-13-5-4-6-16(9-13)20-18(21)11-24-19(22)12-23-17-10-14(2)7-8-15(17)3/h4-10H,11-12H2,1-3H3,(H,20,21). The van der Waals surface area contributed by atoms with Crippen LogP contribution in [-0.2, 0) is 14.3 Å². The monoisotopic (exact) mass is 327 g/mol. The van der Waals surface area contributed by atoms with Crippen LogP contribution in [0.3, 0.4) is 0 Å². The number of amides is 1. The number of rotatable bonds is 6. The molecule has 0 spiro atoms. The van der Waals surface area contributed by atoms with Crippen LogP contribution in [0.4, 0.5) is 5.69 Å². The van der Waals surface area contributed by atoms with Crippen molar-refractivity contribution in [1.82, 2.24) is 0 Å². The Balaban J connectivity index is 1.76. The summed E-state index contributed by atoms with van der Waals surface area (Å²) in [5, 5.41) is 2.67. The average molecular weight is 327 g/mol. The highest BCUT2D eigenvalue weighted by atomic mass is 16.6. The zero-order valence-electron chi connectivity index (χ0n) is 14.1. The number of hydrogen-bond acceptors (Lipinski definition) is 4. The van der Waals surface area contributed by atoms with Gasteiger partial charge in [-0.2, -0.15) is 0 Å². The molecular formula is C19H21NO4. The molecule has 0 bridgehead atoms. The average Bonchev–Trinajstić information content (AvgIpc) is 2.54. The summed E-state index contributed by atoms with van der Waals surface area (Å²) in [5.41, 5.74) is 3.68. The molecule has 2 aromatic rings. The molecule has 24 heavy (non-hydrogen) atoms. The van der Waals surface area contributed by atoms with Crippen LogP contribution >= 0.6 is 0 Å². The van der Waals surface area contributed by atoms with Gasteiger partial charge in [0.25, 0.3) is 5.91 Å². The van der Waals surface area contributed by atoms with Crippen LogP contribution in [0.25, 0.3) is 0 Å². The van der Waals surface area contributed by atoms with Crippen molar-refractivity contribution in [2.24, 2.45) is 0 Å². The third kappa shape index (κ3) is 5.43. The molecule has 0 saturated heterocycles. The Kier molecular flexibility index (Phi) is 5.95. The number of hydrogen-bond donors (Lipinski definition) is 1. The van der Waals surface area contributed by atoms with E-state index in [9.17, 15) is 9.59 Å². The smallest absolute Gasteiger partial charge is 0.344 e. The second-order valence-corrected chi connectivity index (χ2v) is 5.64. The van der Waals surface area contributed by atoms with Gasteiger partial charge in [0, 0.05) is 5.69 Å². The first kappa shape index (κ1) is 17.5. The number of anilines is 1. The highest BCUT2D eigenvalue weighted by Gasteiger charge is 2.10. The predicted octanol–water partition coefficient (Wildman–Crippen LogP) is 3.17. The molecular weight excluding hydrogens is 306 g/mol. The van der Waals surface area contributed by atoms with Gasteiger partial charge in [-0.3, -0.25) is 4.79 Å². The van der Waals surface area contributed by atoms with Gasteiger partial charge in [0.2, 0.25) is 0 Å². The summed E-state index contributed by atoms with van der Waals surface area (Å²) in [6.07, 6.45) is 0. The van der Waals surface area contributed by atoms with E-state index in [1.165, 1.54) is 0 Å². The Hall–Kier alpha value is -2.82. The molecule has 0 unspecified atom stereocenters. The van der Waals surface area contributed by atoms with Crippen molar-refractivity contribution in [2.75, 3.05) is 18.5 Å². The molecule has 2 aromatic carbocycles. The molecule has 1 N–H and O–H groups in total. The summed E-state index contributed by atoms with van der Waals surface area (Å²) in [4.78, 5) is 23.5. The Bertz CT molecular complexity index is 740. The molecule has 0 aliphatic rings. The normalized spacial score (nSPS) is 10.1. The van der Waals surface area contributed by atoms with E-state index in [-0.39, 0.29) is 19.1 Å². The van der Waals surface area contributed by atoms with Gasteiger partial charge in [-0.05, 0) is 55.7 Å². The number of nitrogens with one attached hydrogen (secondary N) is 1. The van der Waals surface area contributed by atoms with E-state index in [0.717, 1.165) is 16.7 Å². The molecule has 5 heteroatoms. The molecule has 5 nitrogen and oxygen atoms in total. The maximum absolute atomic E-state index is 11.8. The van der Waals surface area contributed by atoms with E-state index >= 15 is 0 Å².